The molecule has 4 rings (SSSR count). The molecule has 0 amide bonds. The Balaban J connectivity index is 1.66. The third-order valence-corrected chi connectivity index (χ3v) is 4.92. The number of rotatable bonds is 4. The van der Waals surface area contributed by atoms with Crippen LogP contribution >= 0.6 is 0 Å². The van der Waals surface area contributed by atoms with Crippen LogP contribution < -0.4 is 10.1 Å². The molecule has 3 aromatic rings. The molecular formula is C20H22N4O. The van der Waals surface area contributed by atoms with Crippen LogP contribution in [0.3, 0.4) is 0 Å². The van der Waals surface area contributed by atoms with Crippen molar-refractivity contribution >= 4 is 5.95 Å². The first kappa shape index (κ1) is 15.7. The first-order valence-electron chi connectivity index (χ1n) is 8.67. The monoisotopic (exact) mass is 334 g/mol. The van der Waals surface area contributed by atoms with E-state index in [1.54, 1.807) is 13.4 Å². The summed E-state index contributed by atoms with van der Waals surface area (Å²) in [4.78, 5) is 4.39. The van der Waals surface area contributed by atoms with E-state index in [2.05, 4.69) is 58.7 Å². The normalized spacial score (nSPS) is 19.1. The van der Waals surface area contributed by atoms with E-state index in [-0.39, 0.29) is 12.1 Å². The van der Waals surface area contributed by atoms with Gasteiger partial charge in [-0.05, 0) is 41.7 Å². The number of benzene rings is 2. The highest BCUT2D eigenvalue weighted by Crippen LogP contribution is 2.37. The van der Waals surface area contributed by atoms with Crippen LogP contribution in [-0.2, 0) is 6.42 Å². The molecule has 5 heteroatoms. The molecule has 1 aliphatic heterocycles. The van der Waals surface area contributed by atoms with Crippen LogP contribution in [0.25, 0.3) is 0 Å². The predicted octanol–water partition coefficient (Wildman–Crippen LogP) is 4.00. The number of anilines is 1. The summed E-state index contributed by atoms with van der Waals surface area (Å²) in [7, 11) is 1.69. The largest absolute Gasteiger partial charge is 0.497 e. The minimum absolute atomic E-state index is 0.153. The molecule has 0 fully saturated rings. The molecule has 2 heterocycles. The minimum atomic E-state index is 0.153. The van der Waals surface area contributed by atoms with Gasteiger partial charge in [0.2, 0.25) is 5.95 Å². The van der Waals surface area contributed by atoms with Gasteiger partial charge in [-0.2, -0.15) is 10.1 Å². The molecule has 0 saturated carbocycles. The van der Waals surface area contributed by atoms with Crippen molar-refractivity contribution in [2.24, 2.45) is 0 Å². The number of aromatic nitrogens is 3. The zero-order valence-electron chi connectivity index (χ0n) is 14.5. The van der Waals surface area contributed by atoms with E-state index < -0.39 is 0 Å². The zero-order chi connectivity index (χ0) is 17.2. The van der Waals surface area contributed by atoms with Gasteiger partial charge < -0.3 is 10.1 Å². The van der Waals surface area contributed by atoms with Crippen molar-refractivity contribution in [3.63, 3.8) is 0 Å². The molecule has 1 N–H and O–H groups in total. The third kappa shape index (κ3) is 2.97. The Morgan fingerprint density at radius 1 is 1.08 bits per heavy atom. The van der Waals surface area contributed by atoms with Gasteiger partial charge >= 0.3 is 0 Å². The molecule has 5 nitrogen and oxygen atoms in total. The fraction of sp³-hybridized carbons (Fsp3) is 0.300. The van der Waals surface area contributed by atoms with Gasteiger partial charge in [-0.15, -0.1) is 0 Å². The van der Waals surface area contributed by atoms with Gasteiger partial charge in [0.1, 0.15) is 12.1 Å². The molecule has 0 aliphatic carbocycles. The number of nitrogens with zero attached hydrogens (tertiary/aromatic N) is 3. The topological polar surface area (TPSA) is 52.0 Å². The Morgan fingerprint density at radius 3 is 2.48 bits per heavy atom. The lowest BCUT2D eigenvalue weighted by atomic mass is 9.93. The van der Waals surface area contributed by atoms with Crippen molar-refractivity contribution in [3.05, 3.63) is 71.5 Å². The summed E-state index contributed by atoms with van der Waals surface area (Å²) >= 11 is 0. The molecule has 2 atom stereocenters. The summed E-state index contributed by atoms with van der Waals surface area (Å²) in [5.74, 6) is 1.68. The summed E-state index contributed by atoms with van der Waals surface area (Å²) in [6.45, 7) is 2.18. The molecule has 2 aromatic carbocycles. The van der Waals surface area contributed by atoms with Crippen LogP contribution in [0.2, 0.25) is 0 Å². The molecule has 0 unspecified atom stereocenters. The molecular weight excluding hydrogens is 312 g/mol. The van der Waals surface area contributed by atoms with Crippen LogP contribution in [-0.4, -0.2) is 21.9 Å². The summed E-state index contributed by atoms with van der Waals surface area (Å²) in [5, 5.41) is 7.94. The van der Waals surface area contributed by atoms with Crippen molar-refractivity contribution in [1.82, 2.24) is 14.8 Å². The van der Waals surface area contributed by atoms with Crippen molar-refractivity contribution in [1.29, 1.82) is 0 Å². The highest BCUT2D eigenvalue weighted by Gasteiger charge is 2.29. The molecule has 0 radical (unpaired) electrons. The lowest BCUT2D eigenvalue weighted by molar-refractivity contribution is 0.411. The SMILES string of the molecule is CCc1ccc([C@@H]2C[C@@H](c3ccc(OC)cc3)n3ncnc3N2)cc1. The molecule has 25 heavy (non-hydrogen) atoms. The molecule has 0 bridgehead atoms. The van der Waals surface area contributed by atoms with Gasteiger partial charge in [0.25, 0.3) is 0 Å². The maximum Gasteiger partial charge on any atom is 0.222 e. The van der Waals surface area contributed by atoms with Crippen LogP contribution in [0.4, 0.5) is 5.95 Å². The van der Waals surface area contributed by atoms with Gasteiger partial charge in [0.05, 0.1) is 19.2 Å². The van der Waals surface area contributed by atoms with E-state index in [0.717, 1.165) is 24.5 Å². The van der Waals surface area contributed by atoms with Gasteiger partial charge in [-0.25, -0.2) is 4.68 Å². The van der Waals surface area contributed by atoms with Crippen molar-refractivity contribution in [3.8, 4) is 5.75 Å². The number of methoxy groups -OCH3 is 1. The zero-order valence-corrected chi connectivity index (χ0v) is 14.5. The van der Waals surface area contributed by atoms with E-state index in [1.807, 2.05) is 16.8 Å². The Morgan fingerprint density at radius 2 is 1.80 bits per heavy atom. The van der Waals surface area contributed by atoms with E-state index >= 15 is 0 Å². The smallest absolute Gasteiger partial charge is 0.222 e. The standard InChI is InChI=1S/C20H22N4O/c1-3-14-4-6-15(7-5-14)18-12-19(24-20(23-18)21-13-22-24)16-8-10-17(25-2)11-9-16/h4-11,13,18-19H,3,12H2,1-2H3,(H,21,22,23)/t18-,19-/m0/s1. The fourth-order valence-corrected chi connectivity index (χ4v) is 3.43. The third-order valence-electron chi connectivity index (χ3n) is 4.92. The second kappa shape index (κ2) is 6.59. The van der Waals surface area contributed by atoms with Crippen LogP contribution in [0.1, 0.15) is 42.1 Å². The van der Waals surface area contributed by atoms with Crippen molar-refractivity contribution in [2.75, 3.05) is 12.4 Å². The maximum atomic E-state index is 5.28. The number of ether oxygens (including phenoxy) is 1. The second-order valence-corrected chi connectivity index (χ2v) is 6.34. The Kier molecular flexibility index (Phi) is 4.14. The number of hydrogen-bond donors (Lipinski definition) is 1. The first-order chi connectivity index (χ1) is 12.3. The lowest BCUT2D eigenvalue weighted by Gasteiger charge is -2.32. The molecule has 1 aromatic heterocycles. The number of fused-ring (bicyclic) bond motifs is 1. The van der Waals surface area contributed by atoms with Crippen LogP contribution in [0, 0.1) is 0 Å². The average Bonchev–Trinajstić information content (AvgIpc) is 3.16. The fourth-order valence-electron chi connectivity index (χ4n) is 3.43. The highest BCUT2D eigenvalue weighted by molar-refractivity contribution is 5.39. The van der Waals surface area contributed by atoms with Crippen molar-refractivity contribution < 1.29 is 4.74 Å². The van der Waals surface area contributed by atoms with E-state index in [9.17, 15) is 0 Å². The quantitative estimate of drug-likeness (QED) is 0.784. The number of hydrogen-bond acceptors (Lipinski definition) is 4. The summed E-state index contributed by atoms with van der Waals surface area (Å²) in [6.07, 6.45) is 3.59. The summed E-state index contributed by atoms with van der Waals surface area (Å²) < 4.78 is 7.25. The maximum absolute atomic E-state index is 5.28. The Bertz CT molecular complexity index is 839. The average molecular weight is 334 g/mol. The summed E-state index contributed by atoms with van der Waals surface area (Å²) in [6, 6.07) is 17.4. The Hall–Kier alpha value is -2.82. The van der Waals surface area contributed by atoms with Crippen LogP contribution in [0.5, 0.6) is 5.75 Å². The lowest BCUT2D eigenvalue weighted by Crippen LogP contribution is -2.28. The van der Waals surface area contributed by atoms with Crippen LogP contribution in [0.15, 0.2) is 54.9 Å². The number of aryl methyl sites for hydroxylation is 1. The van der Waals surface area contributed by atoms with Gasteiger partial charge in [-0.1, -0.05) is 43.3 Å². The molecule has 128 valence electrons. The van der Waals surface area contributed by atoms with Crippen molar-refractivity contribution in [2.45, 2.75) is 31.8 Å². The minimum Gasteiger partial charge on any atom is -0.497 e. The predicted molar refractivity (Wildman–Crippen MR) is 98.0 cm³/mol. The molecule has 0 spiro atoms. The number of nitrogens with one attached hydrogen (secondary N) is 1. The highest BCUT2D eigenvalue weighted by atomic mass is 16.5. The van der Waals surface area contributed by atoms with E-state index in [4.69, 9.17) is 4.74 Å². The van der Waals surface area contributed by atoms with Gasteiger partial charge in [-0.3, -0.25) is 0 Å². The molecule has 1 aliphatic rings. The first-order valence-corrected chi connectivity index (χ1v) is 8.67. The molecule has 0 saturated heterocycles. The van der Waals surface area contributed by atoms with E-state index in [0.29, 0.717) is 0 Å². The Labute approximate surface area is 147 Å². The van der Waals surface area contributed by atoms with Gasteiger partial charge in [0.15, 0.2) is 0 Å². The second-order valence-electron chi connectivity index (χ2n) is 6.34. The summed E-state index contributed by atoms with van der Waals surface area (Å²) in [5.41, 5.74) is 3.85. The van der Waals surface area contributed by atoms with Gasteiger partial charge in [0, 0.05) is 0 Å². The van der Waals surface area contributed by atoms with E-state index in [1.165, 1.54) is 16.7 Å².